The first-order chi connectivity index (χ1) is 9.72. The van der Waals surface area contributed by atoms with Crippen LogP contribution in [0.1, 0.15) is 30.9 Å². The molecule has 2 saturated heterocycles. The average molecular weight is 336 g/mol. The van der Waals surface area contributed by atoms with Crippen molar-refractivity contribution in [1.82, 2.24) is 10.2 Å². The van der Waals surface area contributed by atoms with Crippen molar-refractivity contribution in [2.24, 2.45) is 0 Å². The van der Waals surface area contributed by atoms with Gasteiger partial charge in [-0.1, -0.05) is 15.9 Å². The third kappa shape index (κ3) is 2.00. The molecule has 0 bridgehead atoms. The summed E-state index contributed by atoms with van der Waals surface area (Å²) in [5, 5.41) is 6.58. The van der Waals surface area contributed by atoms with Gasteiger partial charge in [-0.3, -0.25) is 15.0 Å². The van der Waals surface area contributed by atoms with Crippen molar-refractivity contribution in [3.05, 3.63) is 28.2 Å². The quantitative estimate of drug-likeness (QED) is 0.871. The van der Waals surface area contributed by atoms with Crippen LogP contribution in [0.3, 0.4) is 0 Å². The van der Waals surface area contributed by atoms with E-state index < -0.39 is 0 Å². The lowest BCUT2D eigenvalue weighted by molar-refractivity contribution is -0.117. The molecule has 0 aromatic heterocycles. The zero-order valence-electron chi connectivity index (χ0n) is 11.2. The number of nitrogens with zero attached hydrogens (tertiary/aromatic N) is 1. The summed E-state index contributed by atoms with van der Waals surface area (Å²) in [5.74, 6) is 0.0783. The average Bonchev–Trinajstić information content (AvgIpc) is 3.08. The Labute approximate surface area is 127 Å². The lowest BCUT2D eigenvalue weighted by Crippen LogP contribution is -2.42. The first kappa shape index (κ1) is 12.8. The molecule has 1 aromatic carbocycles. The van der Waals surface area contributed by atoms with E-state index in [1.54, 1.807) is 0 Å². The minimum Gasteiger partial charge on any atom is -0.324 e. The predicted octanol–water partition coefficient (Wildman–Crippen LogP) is 2.27. The van der Waals surface area contributed by atoms with E-state index >= 15 is 0 Å². The molecular weight excluding hydrogens is 318 g/mol. The molecular formula is C15H18BrN3O. The maximum Gasteiger partial charge on any atom is 0.246 e. The Kier molecular flexibility index (Phi) is 3.09. The van der Waals surface area contributed by atoms with Crippen LogP contribution in [-0.2, 0) is 4.79 Å². The van der Waals surface area contributed by atoms with E-state index in [0.717, 1.165) is 22.1 Å². The molecule has 106 valence electrons. The second-order valence-electron chi connectivity index (χ2n) is 5.96. The van der Waals surface area contributed by atoms with Crippen molar-refractivity contribution >= 4 is 27.5 Å². The van der Waals surface area contributed by atoms with Gasteiger partial charge in [-0.15, -0.1) is 0 Å². The van der Waals surface area contributed by atoms with Gasteiger partial charge >= 0.3 is 0 Å². The lowest BCUT2D eigenvalue weighted by atomic mass is 10.0. The van der Waals surface area contributed by atoms with Crippen LogP contribution in [0.4, 0.5) is 5.69 Å². The number of rotatable bonds is 2. The molecule has 2 N–H and O–H groups in total. The molecule has 2 fully saturated rings. The molecule has 4 nitrogen and oxygen atoms in total. The number of benzene rings is 1. The van der Waals surface area contributed by atoms with Crippen LogP contribution in [0.5, 0.6) is 0 Å². The fourth-order valence-corrected chi connectivity index (χ4v) is 4.27. The number of carbonyl (C=O) groups is 1. The van der Waals surface area contributed by atoms with Gasteiger partial charge in [-0.25, -0.2) is 0 Å². The van der Waals surface area contributed by atoms with Gasteiger partial charge in [-0.05, 0) is 44.0 Å². The van der Waals surface area contributed by atoms with E-state index in [0.29, 0.717) is 12.1 Å². The van der Waals surface area contributed by atoms with Crippen LogP contribution in [0.15, 0.2) is 22.7 Å². The first-order valence-corrected chi connectivity index (χ1v) is 8.12. The first-order valence-electron chi connectivity index (χ1n) is 7.33. The second kappa shape index (κ2) is 4.83. The Morgan fingerprint density at radius 1 is 1.30 bits per heavy atom. The smallest absolute Gasteiger partial charge is 0.246 e. The van der Waals surface area contributed by atoms with Gasteiger partial charge < -0.3 is 5.32 Å². The number of nitrogens with one attached hydrogen (secondary N) is 2. The van der Waals surface area contributed by atoms with E-state index in [4.69, 9.17) is 0 Å². The molecule has 0 saturated carbocycles. The van der Waals surface area contributed by atoms with Crippen molar-refractivity contribution in [2.45, 2.75) is 37.4 Å². The highest BCUT2D eigenvalue weighted by molar-refractivity contribution is 9.10. The Morgan fingerprint density at radius 3 is 3.10 bits per heavy atom. The topological polar surface area (TPSA) is 44.4 Å². The zero-order chi connectivity index (χ0) is 13.7. The van der Waals surface area contributed by atoms with E-state index in [-0.39, 0.29) is 11.9 Å². The van der Waals surface area contributed by atoms with Crippen molar-refractivity contribution in [1.29, 1.82) is 0 Å². The summed E-state index contributed by atoms with van der Waals surface area (Å²) in [6, 6.07) is 6.85. The number of anilines is 1. The molecule has 3 heterocycles. The van der Waals surface area contributed by atoms with E-state index in [9.17, 15) is 4.79 Å². The summed E-state index contributed by atoms with van der Waals surface area (Å²) in [6.07, 6.45) is 3.71. The molecule has 4 rings (SSSR count). The molecule has 20 heavy (non-hydrogen) atoms. The molecule has 5 heteroatoms. The van der Waals surface area contributed by atoms with E-state index in [1.165, 1.54) is 25.9 Å². The lowest BCUT2D eigenvalue weighted by Gasteiger charge is -2.24. The highest BCUT2D eigenvalue weighted by Gasteiger charge is 2.40. The Morgan fingerprint density at radius 2 is 2.20 bits per heavy atom. The molecule has 1 amide bonds. The molecule has 3 atom stereocenters. The predicted molar refractivity (Wildman–Crippen MR) is 81.6 cm³/mol. The van der Waals surface area contributed by atoms with Gasteiger partial charge in [0.1, 0.15) is 6.04 Å². The molecule has 3 aliphatic heterocycles. The Hall–Kier alpha value is -0.910. The van der Waals surface area contributed by atoms with Crippen LogP contribution in [0, 0.1) is 0 Å². The minimum atomic E-state index is -0.201. The molecule has 0 spiro atoms. The molecule has 0 aliphatic carbocycles. The summed E-state index contributed by atoms with van der Waals surface area (Å²) in [5.41, 5.74) is 2.01. The molecule has 0 radical (unpaired) electrons. The zero-order valence-corrected chi connectivity index (χ0v) is 12.8. The number of hydrogen-bond donors (Lipinski definition) is 2. The number of hydrogen-bond acceptors (Lipinski definition) is 3. The summed E-state index contributed by atoms with van der Waals surface area (Å²) in [6.45, 7) is 2.39. The monoisotopic (exact) mass is 335 g/mol. The van der Waals surface area contributed by atoms with Crippen LogP contribution >= 0.6 is 15.9 Å². The largest absolute Gasteiger partial charge is 0.324 e. The SMILES string of the molecule is O=C1Nc2ccc(Br)cc2C1NC1CCN2CCCC12. The van der Waals surface area contributed by atoms with Gasteiger partial charge in [0, 0.05) is 34.4 Å². The van der Waals surface area contributed by atoms with Gasteiger partial charge in [0.05, 0.1) is 0 Å². The highest BCUT2D eigenvalue weighted by Crippen LogP contribution is 2.35. The number of halogens is 1. The Balaban J connectivity index is 1.57. The fraction of sp³-hybridized carbons (Fsp3) is 0.533. The van der Waals surface area contributed by atoms with Crippen molar-refractivity contribution in [2.75, 3.05) is 18.4 Å². The number of amides is 1. The van der Waals surface area contributed by atoms with Gasteiger partial charge in [-0.2, -0.15) is 0 Å². The summed E-state index contributed by atoms with van der Waals surface area (Å²) >= 11 is 3.50. The molecule has 1 aromatic rings. The highest BCUT2D eigenvalue weighted by atomic mass is 79.9. The van der Waals surface area contributed by atoms with Gasteiger partial charge in [0.25, 0.3) is 0 Å². The Bertz CT molecular complexity index is 562. The third-order valence-electron chi connectivity index (χ3n) is 4.83. The van der Waals surface area contributed by atoms with Crippen molar-refractivity contribution in [3.8, 4) is 0 Å². The number of fused-ring (bicyclic) bond motifs is 2. The molecule has 3 unspecified atom stereocenters. The van der Waals surface area contributed by atoms with Crippen molar-refractivity contribution in [3.63, 3.8) is 0 Å². The fourth-order valence-electron chi connectivity index (χ4n) is 3.89. The van der Waals surface area contributed by atoms with Gasteiger partial charge in [0.15, 0.2) is 0 Å². The standard InChI is InChI=1S/C15H18BrN3O/c16-9-3-4-11-10(8-9)14(15(20)18-11)17-12-5-7-19-6-1-2-13(12)19/h3-4,8,12-14,17H,1-2,5-7H2,(H,18,20). The van der Waals surface area contributed by atoms with Crippen molar-refractivity contribution < 1.29 is 4.79 Å². The van der Waals surface area contributed by atoms with Gasteiger partial charge in [0.2, 0.25) is 5.91 Å². The van der Waals surface area contributed by atoms with E-state index in [1.807, 2.05) is 18.2 Å². The van der Waals surface area contributed by atoms with Crippen LogP contribution in [-0.4, -0.2) is 36.0 Å². The third-order valence-corrected chi connectivity index (χ3v) is 5.32. The maximum atomic E-state index is 12.2. The second-order valence-corrected chi connectivity index (χ2v) is 6.88. The maximum absolute atomic E-state index is 12.2. The number of carbonyl (C=O) groups excluding carboxylic acids is 1. The summed E-state index contributed by atoms with van der Waals surface area (Å²) in [4.78, 5) is 14.8. The van der Waals surface area contributed by atoms with Crippen LogP contribution in [0.2, 0.25) is 0 Å². The molecule has 3 aliphatic rings. The normalized spacial score (nSPS) is 32.2. The summed E-state index contributed by atoms with van der Waals surface area (Å²) < 4.78 is 1.02. The van der Waals surface area contributed by atoms with Crippen LogP contribution in [0.25, 0.3) is 0 Å². The minimum absolute atomic E-state index is 0.0783. The summed E-state index contributed by atoms with van der Waals surface area (Å²) in [7, 11) is 0. The van der Waals surface area contributed by atoms with E-state index in [2.05, 4.69) is 31.5 Å². The van der Waals surface area contributed by atoms with Crippen LogP contribution < -0.4 is 10.6 Å².